The molecule has 1 aliphatic heterocycles. The molecule has 92 valence electrons. The minimum absolute atomic E-state index is 0.00463. The lowest BCUT2D eigenvalue weighted by Crippen LogP contribution is -2.42. The largest absolute Gasteiger partial charge is 0.399 e. The lowest BCUT2D eigenvalue weighted by molar-refractivity contribution is 0.0653. The number of hydrogen-bond acceptors (Lipinski definition) is 3. The third-order valence-corrected chi connectivity index (χ3v) is 3.45. The first kappa shape index (κ1) is 11.8. The number of hydrogen-bond donors (Lipinski definition) is 2. The molecular formula is C13H19N3O. The fourth-order valence-corrected chi connectivity index (χ4v) is 2.41. The van der Waals surface area contributed by atoms with Crippen LogP contribution in [-0.2, 0) is 0 Å². The second-order valence-electron chi connectivity index (χ2n) is 5.22. The number of carbonyl (C=O) groups is 1. The molecule has 1 aromatic carbocycles. The molecule has 17 heavy (non-hydrogen) atoms. The van der Waals surface area contributed by atoms with Crippen LogP contribution in [0.25, 0.3) is 0 Å². The van der Waals surface area contributed by atoms with Gasteiger partial charge >= 0.3 is 0 Å². The van der Waals surface area contributed by atoms with Crippen LogP contribution in [-0.4, -0.2) is 22.9 Å². The van der Waals surface area contributed by atoms with Crippen LogP contribution in [0.15, 0.2) is 18.2 Å². The lowest BCUT2D eigenvalue weighted by Gasteiger charge is -2.32. The van der Waals surface area contributed by atoms with Crippen molar-refractivity contribution in [3.8, 4) is 0 Å². The first-order valence-electron chi connectivity index (χ1n) is 5.89. The number of nitrogens with zero attached hydrogens (tertiary/aromatic N) is 1. The molecule has 4 N–H and O–H groups in total. The third-order valence-electron chi connectivity index (χ3n) is 3.45. The van der Waals surface area contributed by atoms with Gasteiger partial charge in [0, 0.05) is 23.5 Å². The summed E-state index contributed by atoms with van der Waals surface area (Å²) in [5.74, 6) is 0.00463. The molecule has 0 atom stereocenters. The molecule has 0 aromatic heterocycles. The van der Waals surface area contributed by atoms with Crippen LogP contribution in [0.2, 0.25) is 0 Å². The summed E-state index contributed by atoms with van der Waals surface area (Å²) in [7, 11) is 0. The smallest absolute Gasteiger partial charge is 0.256 e. The second kappa shape index (κ2) is 3.95. The van der Waals surface area contributed by atoms with Crippen molar-refractivity contribution in [2.45, 2.75) is 32.2 Å². The van der Waals surface area contributed by atoms with Crippen molar-refractivity contribution in [2.75, 3.05) is 18.0 Å². The van der Waals surface area contributed by atoms with Crippen LogP contribution in [0.3, 0.4) is 0 Å². The van der Waals surface area contributed by atoms with E-state index in [1.807, 2.05) is 4.90 Å². The van der Waals surface area contributed by atoms with Crippen molar-refractivity contribution in [3.05, 3.63) is 23.8 Å². The number of likely N-dealkylation sites (tertiary alicyclic amines) is 1. The Morgan fingerprint density at radius 3 is 2.59 bits per heavy atom. The molecule has 0 spiro atoms. The summed E-state index contributed by atoms with van der Waals surface area (Å²) in [6.07, 6.45) is 2.08. The lowest BCUT2D eigenvalue weighted by atomic mass is 10.0. The molecular weight excluding hydrogens is 214 g/mol. The van der Waals surface area contributed by atoms with E-state index in [2.05, 4.69) is 13.8 Å². The normalized spacial score (nSPS) is 18.4. The number of amides is 1. The van der Waals surface area contributed by atoms with E-state index in [0.717, 1.165) is 19.4 Å². The summed E-state index contributed by atoms with van der Waals surface area (Å²) >= 11 is 0. The van der Waals surface area contributed by atoms with E-state index in [1.165, 1.54) is 0 Å². The Labute approximate surface area is 102 Å². The third kappa shape index (κ3) is 2.07. The molecule has 0 aliphatic carbocycles. The Bertz CT molecular complexity index is 454. The van der Waals surface area contributed by atoms with Crippen molar-refractivity contribution in [2.24, 2.45) is 0 Å². The van der Waals surface area contributed by atoms with Gasteiger partial charge in [-0.2, -0.15) is 0 Å². The highest BCUT2D eigenvalue weighted by atomic mass is 16.2. The van der Waals surface area contributed by atoms with E-state index < -0.39 is 0 Å². The molecule has 0 unspecified atom stereocenters. The van der Waals surface area contributed by atoms with Gasteiger partial charge in [-0.15, -0.1) is 0 Å². The summed E-state index contributed by atoms with van der Waals surface area (Å²) in [5, 5.41) is 0. The van der Waals surface area contributed by atoms with Crippen molar-refractivity contribution >= 4 is 17.3 Å². The zero-order valence-electron chi connectivity index (χ0n) is 10.4. The monoisotopic (exact) mass is 233 g/mol. The van der Waals surface area contributed by atoms with Crippen LogP contribution < -0.4 is 11.5 Å². The van der Waals surface area contributed by atoms with Crippen molar-refractivity contribution in [1.29, 1.82) is 0 Å². The van der Waals surface area contributed by atoms with Gasteiger partial charge in [0.05, 0.1) is 5.56 Å². The average molecular weight is 233 g/mol. The minimum Gasteiger partial charge on any atom is -0.399 e. The molecule has 1 amide bonds. The highest BCUT2D eigenvalue weighted by Gasteiger charge is 2.36. The predicted molar refractivity (Wildman–Crippen MR) is 69.6 cm³/mol. The molecule has 4 nitrogen and oxygen atoms in total. The first-order chi connectivity index (χ1) is 7.92. The number of carbonyl (C=O) groups excluding carboxylic acids is 1. The Morgan fingerprint density at radius 1 is 1.35 bits per heavy atom. The Kier molecular flexibility index (Phi) is 2.73. The predicted octanol–water partition coefficient (Wildman–Crippen LogP) is 1.87. The molecule has 0 radical (unpaired) electrons. The van der Waals surface area contributed by atoms with Crippen molar-refractivity contribution in [1.82, 2.24) is 4.90 Å². The minimum atomic E-state index is -0.0785. The average Bonchev–Trinajstić information content (AvgIpc) is 2.57. The van der Waals surface area contributed by atoms with Gasteiger partial charge in [0.15, 0.2) is 0 Å². The molecule has 1 heterocycles. The van der Waals surface area contributed by atoms with Crippen LogP contribution >= 0.6 is 0 Å². The molecule has 1 fully saturated rings. The molecule has 0 bridgehead atoms. The van der Waals surface area contributed by atoms with Gasteiger partial charge in [0.2, 0.25) is 0 Å². The summed E-state index contributed by atoms with van der Waals surface area (Å²) in [5.41, 5.74) is 13.0. The number of nitrogen functional groups attached to an aromatic ring is 2. The fourth-order valence-electron chi connectivity index (χ4n) is 2.41. The maximum atomic E-state index is 12.4. The van der Waals surface area contributed by atoms with E-state index in [-0.39, 0.29) is 11.4 Å². The molecule has 1 aromatic rings. The highest BCUT2D eigenvalue weighted by Crippen LogP contribution is 2.31. The van der Waals surface area contributed by atoms with E-state index in [4.69, 9.17) is 11.5 Å². The molecule has 1 saturated heterocycles. The van der Waals surface area contributed by atoms with Gasteiger partial charge in [-0.25, -0.2) is 0 Å². The Hall–Kier alpha value is -1.71. The molecule has 0 saturated carbocycles. The van der Waals surface area contributed by atoms with Gasteiger partial charge in [-0.1, -0.05) is 0 Å². The maximum Gasteiger partial charge on any atom is 0.256 e. The number of anilines is 2. The zero-order chi connectivity index (χ0) is 12.6. The second-order valence-corrected chi connectivity index (χ2v) is 5.22. The number of rotatable bonds is 1. The van der Waals surface area contributed by atoms with Crippen molar-refractivity contribution < 1.29 is 4.79 Å². The maximum absolute atomic E-state index is 12.4. The standard InChI is InChI=1S/C13H19N3O/c1-13(2)6-3-7-16(13)12(17)10-5-4-9(14)8-11(10)15/h4-5,8H,3,6-7,14-15H2,1-2H3. The summed E-state index contributed by atoms with van der Waals surface area (Å²) in [4.78, 5) is 14.3. The van der Waals surface area contributed by atoms with Gasteiger partial charge in [-0.3, -0.25) is 4.79 Å². The summed E-state index contributed by atoms with van der Waals surface area (Å²) < 4.78 is 0. The van der Waals surface area contributed by atoms with E-state index >= 15 is 0 Å². The highest BCUT2D eigenvalue weighted by molar-refractivity contribution is 6.00. The van der Waals surface area contributed by atoms with Crippen LogP contribution in [0.1, 0.15) is 37.0 Å². The molecule has 2 rings (SSSR count). The SMILES string of the molecule is CC1(C)CCCN1C(=O)c1ccc(N)cc1N. The zero-order valence-corrected chi connectivity index (χ0v) is 10.4. The van der Waals surface area contributed by atoms with Gasteiger partial charge < -0.3 is 16.4 Å². The summed E-state index contributed by atoms with van der Waals surface area (Å²) in [6.45, 7) is 4.98. The van der Waals surface area contributed by atoms with Crippen molar-refractivity contribution in [3.63, 3.8) is 0 Å². The quantitative estimate of drug-likeness (QED) is 0.727. The van der Waals surface area contributed by atoms with Gasteiger partial charge in [-0.05, 0) is 44.9 Å². The van der Waals surface area contributed by atoms with Crippen LogP contribution in [0.4, 0.5) is 11.4 Å². The fraction of sp³-hybridized carbons (Fsp3) is 0.462. The van der Waals surface area contributed by atoms with Crippen LogP contribution in [0, 0.1) is 0 Å². The van der Waals surface area contributed by atoms with E-state index in [1.54, 1.807) is 18.2 Å². The van der Waals surface area contributed by atoms with E-state index in [0.29, 0.717) is 16.9 Å². The number of benzene rings is 1. The van der Waals surface area contributed by atoms with Crippen LogP contribution in [0.5, 0.6) is 0 Å². The molecule has 1 aliphatic rings. The van der Waals surface area contributed by atoms with Gasteiger partial charge in [0.1, 0.15) is 0 Å². The Morgan fingerprint density at radius 2 is 2.06 bits per heavy atom. The summed E-state index contributed by atoms with van der Waals surface area (Å²) in [6, 6.07) is 5.06. The van der Waals surface area contributed by atoms with Gasteiger partial charge in [0.25, 0.3) is 5.91 Å². The number of nitrogens with two attached hydrogens (primary N) is 2. The molecule has 4 heteroatoms. The first-order valence-corrected chi connectivity index (χ1v) is 5.89. The topological polar surface area (TPSA) is 72.3 Å². The van der Waals surface area contributed by atoms with E-state index in [9.17, 15) is 4.79 Å². The Balaban J connectivity index is 2.31.